The van der Waals surface area contributed by atoms with Gasteiger partial charge in [-0.1, -0.05) is 6.92 Å². The van der Waals surface area contributed by atoms with Gasteiger partial charge in [0.2, 0.25) is 0 Å². The molecular formula is C11H22N3O-. The summed E-state index contributed by atoms with van der Waals surface area (Å²) in [6, 6.07) is 0. The highest BCUT2D eigenvalue weighted by molar-refractivity contribution is 5.00. The summed E-state index contributed by atoms with van der Waals surface area (Å²) in [5.74, 6) is 5.22. The second kappa shape index (κ2) is 3.70. The lowest BCUT2D eigenvalue weighted by Gasteiger charge is -2.46. The minimum atomic E-state index is 0.131. The van der Waals surface area contributed by atoms with Crippen LogP contribution in [0.3, 0.4) is 0 Å². The Hall–Kier alpha value is -0.160. The smallest absolute Gasteiger partial charge is 0.0182 e. The maximum absolute atomic E-state index is 10.9. The molecule has 0 radical (unpaired) electrons. The average Bonchev–Trinajstić information content (AvgIpc) is 2.93. The molecule has 2 aliphatic rings. The molecule has 2 fully saturated rings. The molecule has 4 heteroatoms. The zero-order chi connectivity index (χ0) is 11.1. The Bertz CT molecular complexity index is 230. The molecule has 0 atom stereocenters. The Morgan fingerprint density at radius 1 is 1.20 bits per heavy atom. The van der Waals surface area contributed by atoms with Crippen molar-refractivity contribution < 1.29 is 0 Å². The lowest BCUT2D eigenvalue weighted by molar-refractivity contribution is 0.0715. The van der Waals surface area contributed by atoms with Crippen LogP contribution < -0.4 is 5.84 Å². The third-order valence-electron chi connectivity index (χ3n) is 4.28. The fourth-order valence-electron chi connectivity index (χ4n) is 2.83. The van der Waals surface area contributed by atoms with E-state index < -0.39 is 0 Å². The standard InChI is InChI=1S/C11H22N3O/c1-10(9-14(12)15)3-5-11(2,6-4-10)13-7-8-13/h3-9,12H2,1-2H3/q-1. The molecule has 1 aliphatic carbocycles. The summed E-state index contributed by atoms with van der Waals surface area (Å²) in [7, 11) is 0. The van der Waals surface area contributed by atoms with Crippen molar-refractivity contribution in [1.29, 1.82) is 0 Å². The van der Waals surface area contributed by atoms with Gasteiger partial charge in [-0.05, 0) is 38.0 Å². The highest BCUT2D eigenvalue weighted by Gasteiger charge is 2.44. The molecular weight excluding hydrogens is 190 g/mol. The number of hydrogen-bond donors (Lipinski definition) is 1. The van der Waals surface area contributed by atoms with Gasteiger partial charge in [-0.3, -0.25) is 10.7 Å². The first-order valence-electron chi connectivity index (χ1n) is 5.88. The SMILES string of the molecule is CC1(CN(N)[O-])CCC(C)(N2CC2)CC1. The highest BCUT2D eigenvalue weighted by Crippen LogP contribution is 2.45. The molecule has 0 aromatic carbocycles. The Kier molecular flexibility index (Phi) is 2.79. The van der Waals surface area contributed by atoms with E-state index in [1.807, 2.05) is 0 Å². The molecule has 0 aromatic rings. The highest BCUT2D eigenvalue weighted by atomic mass is 16.5. The molecule has 1 saturated heterocycles. The number of hydrazine groups is 1. The van der Waals surface area contributed by atoms with Gasteiger partial charge in [0.05, 0.1) is 0 Å². The normalized spacial score (nSPS) is 42.2. The molecule has 2 rings (SSSR count). The maximum Gasteiger partial charge on any atom is 0.0182 e. The van der Waals surface area contributed by atoms with Crippen LogP contribution in [-0.4, -0.2) is 35.2 Å². The topological polar surface area (TPSA) is 55.3 Å². The first kappa shape index (κ1) is 11.3. The van der Waals surface area contributed by atoms with Crippen LogP contribution in [-0.2, 0) is 0 Å². The summed E-state index contributed by atoms with van der Waals surface area (Å²) >= 11 is 0. The van der Waals surface area contributed by atoms with Gasteiger partial charge < -0.3 is 10.4 Å². The van der Waals surface area contributed by atoms with Gasteiger partial charge in [0.15, 0.2) is 0 Å². The van der Waals surface area contributed by atoms with Crippen LogP contribution in [0.1, 0.15) is 39.5 Å². The van der Waals surface area contributed by atoms with Gasteiger partial charge in [0.25, 0.3) is 0 Å². The van der Waals surface area contributed by atoms with E-state index in [4.69, 9.17) is 5.84 Å². The summed E-state index contributed by atoms with van der Waals surface area (Å²) in [4.78, 5) is 2.55. The van der Waals surface area contributed by atoms with Crippen LogP contribution in [0.2, 0.25) is 0 Å². The summed E-state index contributed by atoms with van der Waals surface area (Å²) < 4.78 is 0. The molecule has 1 heterocycles. The number of nitrogens with zero attached hydrogens (tertiary/aromatic N) is 2. The number of hydrogen-bond acceptors (Lipinski definition) is 4. The minimum Gasteiger partial charge on any atom is -0.772 e. The summed E-state index contributed by atoms with van der Waals surface area (Å²) in [5.41, 5.74) is 0.536. The van der Waals surface area contributed by atoms with E-state index in [-0.39, 0.29) is 5.41 Å². The van der Waals surface area contributed by atoms with Crippen LogP contribution in [0, 0.1) is 10.6 Å². The summed E-state index contributed by atoms with van der Waals surface area (Å²) in [6.45, 7) is 7.54. The van der Waals surface area contributed by atoms with Gasteiger partial charge in [-0.15, -0.1) is 0 Å². The minimum absolute atomic E-state index is 0.131. The van der Waals surface area contributed by atoms with Gasteiger partial charge in [-0.2, -0.15) is 0 Å². The van der Waals surface area contributed by atoms with Crippen LogP contribution >= 0.6 is 0 Å². The molecule has 4 nitrogen and oxygen atoms in total. The van der Waals surface area contributed by atoms with E-state index in [1.165, 1.54) is 25.9 Å². The predicted octanol–water partition coefficient (Wildman–Crippen LogP) is 1.31. The van der Waals surface area contributed by atoms with Crippen molar-refractivity contribution in [1.82, 2.24) is 10.1 Å². The van der Waals surface area contributed by atoms with Gasteiger partial charge >= 0.3 is 0 Å². The quantitative estimate of drug-likeness (QED) is 0.435. The summed E-state index contributed by atoms with van der Waals surface area (Å²) in [6.07, 6.45) is 4.65. The van der Waals surface area contributed by atoms with E-state index in [1.54, 1.807) is 0 Å². The fourth-order valence-corrected chi connectivity index (χ4v) is 2.83. The van der Waals surface area contributed by atoms with Crippen LogP contribution in [0.15, 0.2) is 0 Å². The predicted molar refractivity (Wildman–Crippen MR) is 60.8 cm³/mol. The fraction of sp³-hybridized carbons (Fsp3) is 1.00. The Morgan fingerprint density at radius 2 is 1.73 bits per heavy atom. The first-order chi connectivity index (χ1) is 6.94. The summed E-state index contributed by atoms with van der Waals surface area (Å²) in [5, 5.41) is 11.5. The Labute approximate surface area is 92.0 Å². The molecule has 1 saturated carbocycles. The largest absolute Gasteiger partial charge is 0.772 e. The third-order valence-corrected chi connectivity index (χ3v) is 4.28. The average molecular weight is 212 g/mol. The molecule has 0 aromatic heterocycles. The van der Waals surface area contributed by atoms with Crippen molar-refractivity contribution in [3.05, 3.63) is 5.21 Å². The molecule has 2 N–H and O–H groups in total. The molecule has 1 aliphatic heterocycles. The van der Waals surface area contributed by atoms with Gasteiger partial charge in [0.1, 0.15) is 0 Å². The molecule has 0 unspecified atom stereocenters. The van der Waals surface area contributed by atoms with Crippen molar-refractivity contribution in [2.75, 3.05) is 19.6 Å². The van der Waals surface area contributed by atoms with Crippen molar-refractivity contribution in [2.24, 2.45) is 11.3 Å². The number of rotatable bonds is 3. The maximum atomic E-state index is 10.9. The molecule has 15 heavy (non-hydrogen) atoms. The van der Waals surface area contributed by atoms with E-state index in [9.17, 15) is 5.21 Å². The Balaban J connectivity index is 1.90. The lowest BCUT2D eigenvalue weighted by Crippen LogP contribution is -2.45. The zero-order valence-electron chi connectivity index (χ0n) is 9.83. The number of hydroxylamine groups is 1. The molecule has 0 bridgehead atoms. The van der Waals surface area contributed by atoms with E-state index in [0.717, 1.165) is 12.8 Å². The second-order valence-corrected chi connectivity index (χ2v) is 5.87. The lowest BCUT2D eigenvalue weighted by atomic mass is 9.69. The van der Waals surface area contributed by atoms with E-state index >= 15 is 0 Å². The van der Waals surface area contributed by atoms with Crippen molar-refractivity contribution in [3.63, 3.8) is 0 Å². The van der Waals surface area contributed by atoms with Gasteiger partial charge in [0, 0.05) is 25.2 Å². The van der Waals surface area contributed by atoms with Crippen LogP contribution in [0.25, 0.3) is 0 Å². The van der Waals surface area contributed by atoms with Crippen molar-refractivity contribution in [2.45, 2.75) is 45.1 Å². The van der Waals surface area contributed by atoms with Crippen molar-refractivity contribution in [3.8, 4) is 0 Å². The number of nitrogens with two attached hydrogens (primary N) is 1. The van der Waals surface area contributed by atoms with Crippen LogP contribution in [0.5, 0.6) is 0 Å². The van der Waals surface area contributed by atoms with Crippen molar-refractivity contribution >= 4 is 0 Å². The van der Waals surface area contributed by atoms with Gasteiger partial charge in [-0.25, -0.2) is 0 Å². The molecule has 0 amide bonds. The zero-order valence-corrected chi connectivity index (χ0v) is 9.83. The third kappa shape index (κ3) is 2.50. The van der Waals surface area contributed by atoms with Crippen LogP contribution in [0.4, 0.5) is 0 Å². The Morgan fingerprint density at radius 3 is 2.13 bits per heavy atom. The molecule has 88 valence electrons. The van der Waals surface area contributed by atoms with E-state index in [0.29, 0.717) is 17.3 Å². The monoisotopic (exact) mass is 212 g/mol. The van der Waals surface area contributed by atoms with E-state index in [2.05, 4.69) is 18.7 Å². The first-order valence-corrected chi connectivity index (χ1v) is 5.88. The second-order valence-electron chi connectivity index (χ2n) is 5.87. The molecule has 0 spiro atoms.